The summed E-state index contributed by atoms with van der Waals surface area (Å²) in [7, 11) is 0. The molecule has 6 heteroatoms. The zero-order chi connectivity index (χ0) is 17.1. The average Bonchev–Trinajstić information content (AvgIpc) is 3.02. The van der Waals surface area contributed by atoms with Gasteiger partial charge in [0.15, 0.2) is 5.78 Å². The predicted octanol–water partition coefficient (Wildman–Crippen LogP) is 3.09. The third kappa shape index (κ3) is 3.32. The summed E-state index contributed by atoms with van der Waals surface area (Å²) < 4.78 is 1.86. The van der Waals surface area contributed by atoms with Gasteiger partial charge in [0.25, 0.3) is 0 Å². The zero-order valence-electron chi connectivity index (χ0n) is 13.9. The van der Waals surface area contributed by atoms with Crippen LogP contribution >= 0.6 is 0 Å². The van der Waals surface area contributed by atoms with Gasteiger partial charge in [0, 0.05) is 24.5 Å². The van der Waals surface area contributed by atoms with Crippen LogP contribution in [0.1, 0.15) is 34.1 Å². The number of nitrogens with zero attached hydrogens (tertiary/aromatic N) is 4. The van der Waals surface area contributed by atoms with E-state index < -0.39 is 0 Å². The molecule has 2 aromatic heterocycles. The van der Waals surface area contributed by atoms with Gasteiger partial charge < -0.3 is 5.32 Å². The van der Waals surface area contributed by atoms with E-state index >= 15 is 0 Å². The minimum Gasteiger partial charge on any atom is -0.350 e. The number of carbonyl (C=O) groups is 1. The molecule has 0 saturated heterocycles. The SMILES string of the molecule is CC(=O)c1cnc(NCc2cnn(-c3ccccc3C)c2)nc1C. The highest BCUT2D eigenvalue weighted by atomic mass is 16.1. The summed E-state index contributed by atoms with van der Waals surface area (Å²) in [4.78, 5) is 19.9. The van der Waals surface area contributed by atoms with Gasteiger partial charge >= 0.3 is 0 Å². The van der Waals surface area contributed by atoms with E-state index in [0.717, 1.165) is 11.3 Å². The molecule has 0 bridgehead atoms. The van der Waals surface area contributed by atoms with Crippen LogP contribution in [0.2, 0.25) is 0 Å². The Bertz CT molecular complexity index is 885. The van der Waals surface area contributed by atoms with Crippen molar-refractivity contribution >= 4 is 11.7 Å². The maximum absolute atomic E-state index is 11.4. The molecular formula is C18H19N5O. The Balaban J connectivity index is 1.71. The van der Waals surface area contributed by atoms with Crippen molar-refractivity contribution in [2.45, 2.75) is 27.3 Å². The molecule has 0 aliphatic carbocycles. The van der Waals surface area contributed by atoms with Crippen LogP contribution in [-0.4, -0.2) is 25.5 Å². The molecule has 0 amide bonds. The average molecular weight is 321 g/mol. The topological polar surface area (TPSA) is 72.7 Å². The number of rotatable bonds is 5. The van der Waals surface area contributed by atoms with Gasteiger partial charge in [-0.1, -0.05) is 18.2 Å². The Kier molecular flexibility index (Phi) is 4.37. The van der Waals surface area contributed by atoms with E-state index in [9.17, 15) is 4.79 Å². The molecule has 0 saturated carbocycles. The summed E-state index contributed by atoms with van der Waals surface area (Å²) in [6.07, 6.45) is 5.35. The van der Waals surface area contributed by atoms with Crippen molar-refractivity contribution in [1.29, 1.82) is 0 Å². The van der Waals surface area contributed by atoms with Crippen molar-refractivity contribution in [3.05, 3.63) is 65.2 Å². The standard InChI is InChI=1S/C18H19N5O/c1-12-6-4-5-7-17(12)23-11-15(9-21-23)8-19-18-20-10-16(14(3)24)13(2)22-18/h4-7,9-11H,8H2,1-3H3,(H,19,20,22). The molecule has 6 nitrogen and oxygen atoms in total. The Labute approximate surface area is 140 Å². The number of benzene rings is 1. The lowest BCUT2D eigenvalue weighted by atomic mass is 10.2. The van der Waals surface area contributed by atoms with E-state index in [4.69, 9.17) is 0 Å². The molecule has 0 atom stereocenters. The smallest absolute Gasteiger partial charge is 0.223 e. The lowest BCUT2D eigenvalue weighted by molar-refractivity contribution is 0.101. The number of Topliss-reactive ketones (excluding diaryl/α,β-unsaturated/α-hetero) is 1. The normalized spacial score (nSPS) is 10.6. The summed E-state index contributed by atoms with van der Waals surface area (Å²) in [5.41, 5.74) is 4.47. The number of anilines is 1. The second-order valence-corrected chi connectivity index (χ2v) is 5.68. The molecule has 1 aromatic carbocycles. The van der Waals surface area contributed by atoms with Gasteiger partial charge in [-0.3, -0.25) is 4.79 Å². The van der Waals surface area contributed by atoms with Crippen LogP contribution in [0.3, 0.4) is 0 Å². The molecule has 0 spiro atoms. The van der Waals surface area contributed by atoms with Crippen molar-refractivity contribution in [2.24, 2.45) is 0 Å². The van der Waals surface area contributed by atoms with Gasteiger partial charge in [-0.15, -0.1) is 0 Å². The van der Waals surface area contributed by atoms with Crippen molar-refractivity contribution in [1.82, 2.24) is 19.7 Å². The molecule has 3 aromatic rings. The van der Waals surface area contributed by atoms with Crippen LogP contribution in [-0.2, 0) is 6.54 Å². The van der Waals surface area contributed by atoms with Crippen LogP contribution in [0.25, 0.3) is 5.69 Å². The number of ketones is 1. The largest absolute Gasteiger partial charge is 0.350 e. The van der Waals surface area contributed by atoms with E-state index in [0.29, 0.717) is 23.8 Å². The Morgan fingerprint density at radius 1 is 1.21 bits per heavy atom. The zero-order valence-corrected chi connectivity index (χ0v) is 13.9. The molecule has 122 valence electrons. The predicted molar refractivity (Wildman–Crippen MR) is 92.4 cm³/mol. The summed E-state index contributed by atoms with van der Waals surface area (Å²) >= 11 is 0. The maximum atomic E-state index is 11.4. The molecule has 3 rings (SSSR count). The molecule has 24 heavy (non-hydrogen) atoms. The maximum Gasteiger partial charge on any atom is 0.223 e. The minimum atomic E-state index is -0.0291. The molecule has 0 fully saturated rings. The highest BCUT2D eigenvalue weighted by Crippen LogP contribution is 2.14. The third-order valence-corrected chi connectivity index (χ3v) is 3.81. The van der Waals surface area contributed by atoms with E-state index in [1.165, 1.54) is 12.5 Å². The second kappa shape index (κ2) is 6.62. The summed E-state index contributed by atoms with van der Waals surface area (Å²) in [6, 6.07) is 8.10. The van der Waals surface area contributed by atoms with Crippen molar-refractivity contribution in [3.8, 4) is 5.69 Å². The van der Waals surface area contributed by atoms with Gasteiger partial charge in [-0.05, 0) is 32.4 Å². The lowest BCUT2D eigenvalue weighted by Gasteiger charge is -2.06. The second-order valence-electron chi connectivity index (χ2n) is 5.68. The monoisotopic (exact) mass is 321 g/mol. The van der Waals surface area contributed by atoms with Gasteiger partial charge in [0.05, 0.1) is 23.1 Å². The van der Waals surface area contributed by atoms with Crippen LogP contribution in [0.5, 0.6) is 0 Å². The Morgan fingerprint density at radius 3 is 2.71 bits per heavy atom. The fraction of sp³-hybridized carbons (Fsp3) is 0.222. The first-order valence-electron chi connectivity index (χ1n) is 7.72. The first kappa shape index (κ1) is 15.9. The molecule has 1 N–H and O–H groups in total. The first-order chi connectivity index (χ1) is 11.5. The van der Waals surface area contributed by atoms with Crippen LogP contribution in [0.4, 0.5) is 5.95 Å². The van der Waals surface area contributed by atoms with E-state index in [1.807, 2.05) is 35.3 Å². The van der Waals surface area contributed by atoms with Crippen molar-refractivity contribution in [2.75, 3.05) is 5.32 Å². The van der Waals surface area contributed by atoms with Crippen LogP contribution in [0.15, 0.2) is 42.9 Å². The summed E-state index contributed by atoms with van der Waals surface area (Å²) in [5, 5.41) is 7.57. The van der Waals surface area contributed by atoms with E-state index in [1.54, 1.807) is 13.1 Å². The van der Waals surface area contributed by atoms with Gasteiger partial charge in [-0.25, -0.2) is 14.6 Å². The number of nitrogens with one attached hydrogen (secondary N) is 1. The summed E-state index contributed by atoms with van der Waals surface area (Å²) in [6.45, 7) is 5.94. The number of hydrogen-bond acceptors (Lipinski definition) is 5. The van der Waals surface area contributed by atoms with Crippen LogP contribution < -0.4 is 5.32 Å². The number of hydrogen-bond donors (Lipinski definition) is 1. The fourth-order valence-electron chi connectivity index (χ4n) is 2.48. The number of aromatic nitrogens is 4. The van der Waals surface area contributed by atoms with Crippen molar-refractivity contribution < 1.29 is 4.79 Å². The van der Waals surface area contributed by atoms with E-state index in [-0.39, 0.29) is 5.78 Å². The Hall–Kier alpha value is -3.02. The molecule has 0 unspecified atom stereocenters. The Morgan fingerprint density at radius 2 is 2.00 bits per heavy atom. The van der Waals surface area contributed by atoms with Crippen LogP contribution in [0, 0.1) is 13.8 Å². The fourth-order valence-corrected chi connectivity index (χ4v) is 2.48. The highest BCUT2D eigenvalue weighted by molar-refractivity contribution is 5.94. The minimum absolute atomic E-state index is 0.0291. The quantitative estimate of drug-likeness (QED) is 0.731. The molecule has 0 radical (unpaired) electrons. The lowest BCUT2D eigenvalue weighted by Crippen LogP contribution is -2.07. The molecule has 0 aliphatic heterocycles. The molecular weight excluding hydrogens is 302 g/mol. The number of aryl methyl sites for hydroxylation is 2. The number of para-hydroxylation sites is 1. The van der Waals surface area contributed by atoms with E-state index in [2.05, 4.69) is 33.4 Å². The molecule has 0 aliphatic rings. The molecule has 2 heterocycles. The van der Waals surface area contributed by atoms with Gasteiger partial charge in [-0.2, -0.15) is 5.10 Å². The summed E-state index contributed by atoms with van der Waals surface area (Å²) in [5.74, 6) is 0.472. The highest BCUT2D eigenvalue weighted by Gasteiger charge is 2.08. The third-order valence-electron chi connectivity index (χ3n) is 3.81. The van der Waals surface area contributed by atoms with Crippen molar-refractivity contribution in [3.63, 3.8) is 0 Å². The van der Waals surface area contributed by atoms with Gasteiger partial charge in [0.1, 0.15) is 0 Å². The first-order valence-corrected chi connectivity index (χ1v) is 7.72. The van der Waals surface area contributed by atoms with Gasteiger partial charge in [0.2, 0.25) is 5.95 Å². The number of carbonyl (C=O) groups excluding carboxylic acids is 1.